The first-order valence-electron chi connectivity index (χ1n) is 7.17. The second kappa shape index (κ2) is 6.13. The van der Waals surface area contributed by atoms with Gasteiger partial charge in [-0.25, -0.2) is 9.59 Å². The minimum Gasteiger partial charge on any atom is -0.473 e. The lowest BCUT2D eigenvalue weighted by molar-refractivity contribution is -0.159. The minimum atomic E-state index is -1.82. The standard InChI is InChI=1S/2C6H9NO.C2H2O4/c2*8-5-1-6(2-5)3-7-4-6;3-1(4)2(5)6/h2*7H,1-4H2;(H,3,4)(H,5,6). The number of aliphatic carboxylic acids is 2. The van der Waals surface area contributed by atoms with Crippen LogP contribution >= 0.6 is 0 Å². The Morgan fingerprint density at radius 1 is 0.727 bits per heavy atom. The van der Waals surface area contributed by atoms with Crippen molar-refractivity contribution in [1.82, 2.24) is 10.6 Å². The third-order valence-corrected chi connectivity index (χ3v) is 4.47. The van der Waals surface area contributed by atoms with Crippen molar-refractivity contribution in [2.24, 2.45) is 10.8 Å². The smallest absolute Gasteiger partial charge is 0.414 e. The molecule has 0 bridgehead atoms. The highest BCUT2D eigenvalue weighted by atomic mass is 16.4. The molecule has 4 N–H and O–H groups in total. The van der Waals surface area contributed by atoms with Gasteiger partial charge in [0.25, 0.3) is 0 Å². The van der Waals surface area contributed by atoms with Gasteiger partial charge in [0.2, 0.25) is 0 Å². The number of carbonyl (C=O) groups is 4. The molecule has 0 amide bonds. The molecule has 4 aliphatic rings. The number of hydrogen-bond acceptors (Lipinski definition) is 6. The molecule has 2 saturated carbocycles. The second-order valence-corrected chi connectivity index (χ2v) is 6.60. The molecule has 4 rings (SSSR count). The maximum atomic E-state index is 10.5. The van der Waals surface area contributed by atoms with Crippen LogP contribution in [0.2, 0.25) is 0 Å². The maximum Gasteiger partial charge on any atom is 0.414 e. The first-order chi connectivity index (χ1) is 10.3. The SMILES string of the molecule is O=C(O)C(=O)O.O=C1CC2(CNC2)C1.O=C1CC2(CNC2)C1. The summed E-state index contributed by atoms with van der Waals surface area (Å²) < 4.78 is 0. The van der Waals surface area contributed by atoms with Gasteiger partial charge in [0.15, 0.2) is 0 Å². The fraction of sp³-hybridized carbons (Fsp3) is 0.714. The van der Waals surface area contributed by atoms with Crippen molar-refractivity contribution >= 4 is 23.5 Å². The molecule has 0 radical (unpaired) electrons. The molecule has 8 heteroatoms. The van der Waals surface area contributed by atoms with Gasteiger partial charge in [-0.3, -0.25) is 9.59 Å². The molecule has 2 heterocycles. The quantitative estimate of drug-likeness (QED) is 0.420. The molecular weight excluding hydrogens is 292 g/mol. The molecule has 0 aromatic carbocycles. The summed E-state index contributed by atoms with van der Waals surface area (Å²) in [6.07, 6.45) is 3.39. The van der Waals surface area contributed by atoms with E-state index in [-0.39, 0.29) is 0 Å². The number of carbonyl (C=O) groups excluding carboxylic acids is 2. The monoisotopic (exact) mass is 312 g/mol. The van der Waals surface area contributed by atoms with Crippen molar-refractivity contribution in [1.29, 1.82) is 0 Å². The number of ketones is 2. The van der Waals surface area contributed by atoms with Gasteiger partial charge in [-0.1, -0.05) is 0 Å². The highest BCUT2D eigenvalue weighted by molar-refractivity contribution is 6.27. The van der Waals surface area contributed by atoms with Crippen molar-refractivity contribution in [3.05, 3.63) is 0 Å². The highest BCUT2D eigenvalue weighted by Gasteiger charge is 2.48. The van der Waals surface area contributed by atoms with E-state index >= 15 is 0 Å². The van der Waals surface area contributed by atoms with Gasteiger partial charge in [-0.2, -0.15) is 0 Å². The molecule has 0 aromatic rings. The van der Waals surface area contributed by atoms with Gasteiger partial charge in [-0.05, 0) is 0 Å². The molecule has 2 aliphatic carbocycles. The lowest BCUT2D eigenvalue weighted by Gasteiger charge is -2.48. The third kappa shape index (κ3) is 3.69. The lowest BCUT2D eigenvalue weighted by atomic mass is 9.64. The molecule has 8 nitrogen and oxygen atoms in total. The first kappa shape index (κ1) is 16.6. The Balaban J connectivity index is 0.000000123. The molecule has 122 valence electrons. The fourth-order valence-corrected chi connectivity index (χ4v) is 3.03. The van der Waals surface area contributed by atoms with Crippen LogP contribution in [0.1, 0.15) is 25.7 Å². The number of carboxylic acid groups (broad SMARTS) is 2. The van der Waals surface area contributed by atoms with Crippen LogP contribution in [0.3, 0.4) is 0 Å². The van der Waals surface area contributed by atoms with E-state index < -0.39 is 11.9 Å². The van der Waals surface area contributed by atoms with Gasteiger partial charge in [0.1, 0.15) is 11.6 Å². The van der Waals surface area contributed by atoms with Crippen LogP contribution in [0, 0.1) is 10.8 Å². The van der Waals surface area contributed by atoms with E-state index in [0.29, 0.717) is 22.4 Å². The van der Waals surface area contributed by atoms with E-state index in [2.05, 4.69) is 10.6 Å². The van der Waals surface area contributed by atoms with Crippen molar-refractivity contribution < 1.29 is 29.4 Å². The summed E-state index contributed by atoms with van der Waals surface area (Å²) in [5.74, 6) is -2.75. The van der Waals surface area contributed by atoms with Crippen LogP contribution in [0.25, 0.3) is 0 Å². The van der Waals surface area contributed by atoms with E-state index in [1.165, 1.54) is 0 Å². The van der Waals surface area contributed by atoms with Crippen LogP contribution in [-0.2, 0) is 19.2 Å². The average Bonchev–Trinajstić information content (AvgIpc) is 2.27. The number of hydrogen-bond donors (Lipinski definition) is 4. The Morgan fingerprint density at radius 2 is 1.00 bits per heavy atom. The molecular formula is C14H20N2O6. The average molecular weight is 312 g/mol. The van der Waals surface area contributed by atoms with Crippen LogP contribution in [0.15, 0.2) is 0 Å². The number of Topliss-reactive ketones (excluding diaryl/α,β-unsaturated/α-hetero) is 2. The maximum absolute atomic E-state index is 10.5. The van der Waals surface area contributed by atoms with Crippen LogP contribution < -0.4 is 10.6 Å². The topological polar surface area (TPSA) is 133 Å². The van der Waals surface area contributed by atoms with Gasteiger partial charge >= 0.3 is 11.9 Å². The normalized spacial score (nSPS) is 25.1. The van der Waals surface area contributed by atoms with E-state index in [4.69, 9.17) is 19.8 Å². The second-order valence-electron chi connectivity index (χ2n) is 6.60. The molecule has 4 fully saturated rings. The number of nitrogens with one attached hydrogen (secondary N) is 2. The van der Waals surface area contributed by atoms with Gasteiger partial charge in [0.05, 0.1) is 0 Å². The Kier molecular flexibility index (Phi) is 4.62. The molecule has 22 heavy (non-hydrogen) atoms. The van der Waals surface area contributed by atoms with E-state index in [1.54, 1.807) is 0 Å². The van der Waals surface area contributed by atoms with E-state index in [1.807, 2.05) is 0 Å². The van der Waals surface area contributed by atoms with Gasteiger partial charge in [-0.15, -0.1) is 0 Å². The Hall–Kier alpha value is -1.80. The zero-order chi connectivity index (χ0) is 16.4. The lowest BCUT2D eigenvalue weighted by Crippen LogP contribution is -2.60. The Bertz CT molecular complexity index is 441. The summed E-state index contributed by atoms with van der Waals surface area (Å²) in [4.78, 5) is 39.2. The molecule has 0 aromatic heterocycles. The zero-order valence-corrected chi connectivity index (χ0v) is 12.2. The van der Waals surface area contributed by atoms with Crippen molar-refractivity contribution in [2.45, 2.75) is 25.7 Å². The summed E-state index contributed by atoms with van der Waals surface area (Å²) >= 11 is 0. The van der Waals surface area contributed by atoms with E-state index in [9.17, 15) is 9.59 Å². The summed E-state index contributed by atoms with van der Waals surface area (Å²) in [5, 5.41) is 21.1. The predicted molar refractivity (Wildman–Crippen MR) is 74.4 cm³/mol. The predicted octanol–water partition coefficient (Wildman–Crippen LogP) is -0.967. The number of rotatable bonds is 0. The molecule has 2 spiro atoms. The van der Waals surface area contributed by atoms with Crippen molar-refractivity contribution in [3.63, 3.8) is 0 Å². The van der Waals surface area contributed by atoms with E-state index in [0.717, 1.165) is 51.9 Å². The molecule has 0 unspecified atom stereocenters. The van der Waals surface area contributed by atoms with Gasteiger partial charge < -0.3 is 20.8 Å². The molecule has 2 aliphatic heterocycles. The summed E-state index contributed by atoms with van der Waals surface area (Å²) in [6, 6.07) is 0. The van der Waals surface area contributed by atoms with Crippen molar-refractivity contribution in [2.75, 3.05) is 26.2 Å². The fourth-order valence-electron chi connectivity index (χ4n) is 3.03. The van der Waals surface area contributed by atoms with Gasteiger partial charge in [0, 0.05) is 62.7 Å². The molecule has 2 saturated heterocycles. The van der Waals surface area contributed by atoms with Crippen LogP contribution in [-0.4, -0.2) is 59.9 Å². The Morgan fingerprint density at radius 3 is 1.05 bits per heavy atom. The summed E-state index contributed by atoms with van der Waals surface area (Å²) in [5.41, 5.74) is 0.911. The van der Waals surface area contributed by atoms with Crippen LogP contribution in [0.5, 0.6) is 0 Å². The Labute approximate surface area is 127 Å². The van der Waals surface area contributed by atoms with Crippen molar-refractivity contribution in [3.8, 4) is 0 Å². The summed E-state index contributed by atoms with van der Waals surface area (Å²) in [7, 11) is 0. The molecule has 0 atom stereocenters. The largest absolute Gasteiger partial charge is 0.473 e. The summed E-state index contributed by atoms with van der Waals surface area (Å²) in [6.45, 7) is 4.33. The minimum absolute atomic E-state index is 0.450. The van der Waals surface area contributed by atoms with Crippen LogP contribution in [0.4, 0.5) is 0 Å². The number of carboxylic acids is 2. The highest BCUT2D eigenvalue weighted by Crippen LogP contribution is 2.41. The first-order valence-corrected chi connectivity index (χ1v) is 7.17. The third-order valence-electron chi connectivity index (χ3n) is 4.47. The zero-order valence-electron chi connectivity index (χ0n) is 12.2.